The number of rotatable bonds is 2. The number of hydrogen-bond acceptors (Lipinski definition) is 0. The summed E-state index contributed by atoms with van der Waals surface area (Å²) in [5, 5.41) is 5.26. The monoisotopic (exact) mass is 667 g/mol. The lowest BCUT2D eigenvalue weighted by molar-refractivity contribution is -0.874. The molecule has 0 saturated heterocycles. The van der Waals surface area contributed by atoms with E-state index < -0.39 is 0 Å². The van der Waals surface area contributed by atoms with E-state index in [4.69, 9.17) is 0 Å². The summed E-state index contributed by atoms with van der Waals surface area (Å²) in [5.41, 5.74) is 13.4. The zero-order chi connectivity index (χ0) is 34.6. The topological polar surface area (TPSA) is 12.2 Å². The maximum Gasteiger partial charge on any atom is 0.213 e. The fourth-order valence-electron chi connectivity index (χ4n) is 11.8. The standard InChI is InChI=1S/C49H37N3/c1-4-45-48(3)47(2,49(45)29-32-17-8-9-18-34(32)41-22-12-13-26-50(41)49)40-28-44-38(37-21-14-20-36-35-19-10-11-23-43(35)52(44)46(36)37)27-39(40)42-25-24-33(30-51(42)48)31-15-6-5-7-16-31/h4-28,30,45H,1,29H2,2-3H3/q+2. The molecule has 12 rings (SSSR count). The molecule has 0 bridgehead atoms. The second-order valence-corrected chi connectivity index (χ2v) is 15.7. The Hall–Kier alpha value is -6.06. The molecule has 1 fully saturated rings. The van der Waals surface area contributed by atoms with Crippen molar-refractivity contribution in [3.63, 3.8) is 0 Å². The van der Waals surface area contributed by atoms with Gasteiger partial charge in [0, 0.05) is 64.2 Å². The highest BCUT2D eigenvalue weighted by molar-refractivity contribution is 6.23. The van der Waals surface area contributed by atoms with Crippen molar-refractivity contribution in [3.8, 4) is 33.6 Å². The van der Waals surface area contributed by atoms with Gasteiger partial charge in [0.2, 0.25) is 16.9 Å². The van der Waals surface area contributed by atoms with E-state index in [9.17, 15) is 0 Å². The first-order valence-corrected chi connectivity index (χ1v) is 18.6. The highest BCUT2D eigenvalue weighted by atomic mass is 15.2. The van der Waals surface area contributed by atoms with Crippen LogP contribution in [0, 0.1) is 5.92 Å². The Morgan fingerprint density at radius 2 is 1.37 bits per heavy atom. The number of para-hydroxylation sites is 2. The third-order valence-electron chi connectivity index (χ3n) is 14.0. The largest absolute Gasteiger partial charge is 0.308 e. The molecule has 2 aliphatic heterocycles. The van der Waals surface area contributed by atoms with Gasteiger partial charge in [-0.15, -0.1) is 6.58 Å². The van der Waals surface area contributed by atoms with Gasteiger partial charge < -0.3 is 4.40 Å². The zero-order valence-corrected chi connectivity index (χ0v) is 29.3. The van der Waals surface area contributed by atoms with Crippen LogP contribution >= 0.6 is 0 Å². The second kappa shape index (κ2) is 9.43. The Balaban J connectivity index is 1.25. The van der Waals surface area contributed by atoms with E-state index in [-0.39, 0.29) is 22.4 Å². The SMILES string of the molecule is C=CC1C2(C)[n+]3cc(-c4ccccc4)ccc3-c3cc4c5cccc6c7ccccc7n(c4cc3C2(C)C12Cc1ccccc1-c1cccc[n+]12)c65. The normalized spacial score (nSPS) is 24.0. The quantitative estimate of drug-likeness (QED) is 0.129. The van der Waals surface area contributed by atoms with Crippen molar-refractivity contribution in [2.45, 2.75) is 36.8 Å². The van der Waals surface area contributed by atoms with Crippen molar-refractivity contribution in [1.29, 1.82) is 0 Å². The van der Waals surface area contributed by atoms with E-state index in [1.54, 1.807) is 0 Å². The lowest BCUT2D eigenvalue weighted by Gasteiger charge is -2.67. The molecule has 52 heavy (non-hydrogen) atoms. The molecule has 3 nitrogen and oxygen atoms in total. The summed E-state index contributed by atoms with van der Waals surface area (Å²) in [6, 6.07) is 52.2. The Bertz CT molecular complexity index is 3010. The first-order valence-electron chi connectivity index (χ1n) is 18.6. The molecule has 246 valence electrons. The molecule has 1 aliphatic carbocycles. The van der Waals surface area contributed by atoms with Crippen LogP contribution in [0.3, 0.4) is 0 Å². The number of fused-ring (bicyclic) bond motifs is 17. The average molecular weight is 668 g/mol. The van der Waals surface area contributed by atoms with Gasteiger partial charge in [-0.1, -0.05) is 91.0 Å². The summed E-state index contributed by atoms with van der Waals surface area (Å²) in [4.78, 5) is 0. The molecule has 0 N–H and O–H groups in total. The van der Waals surface area contributed by atoms with Crippen molar-refractivity contribution in [3.05, 3.63) is 176 Å². The minimum absolute atomic E-state index is 0.136. The summed E-state index contributed by atoms with van der Waals surface area (Å²) in [6.45, 7) is 9.74. The van der Waals surface area contributed by atoms with E-state index in [1.807, 2.05) is 0 Å². The molecule has 3 aliphatic rings. The fraction of sp³-hybridized carbons (Fsp3) is 0.143. The molecule has 3 heteroatoms. The molecule has 1 spiro atoms. The Labute approximate surface area is 302 Å². The van der Waals surface area contributed by atoms with Gasteiger partial charge in [0.05, 0.1) is 22.1 Å². The average Bonchev–Trinajstić information content (AvgIpc) is 3.72. The second-order valence-electron chi connectivity index (χ2n) is 15.7. The number of benzene rings is 5. The molecule has 4 aromatic heterocycles. The summed E-state index contributed by atoms with van der Waals surface area (Å²) in [5.74, 6) is 0.136. The van der Waals surface area contributed by atoms with Crippen LogP contribution in [0.15, 0.2) is 165 Å². The fourth-order valence-corrected chi connectivity index (χ4v) is 11.8. The molecule has 5 aromatic carbocycles. The molecular formula is C49H37N3+2. The van der Waals surface area contributed by atoms with Crippen LogP contribution in [0.2, 0.25) is 0 Å². The smallest absolute Gasteiger partial charge is 0.213 e. The first-order chi connectivity index (χ1) is 25.5. The summed E-state index contributed by atoms with van der Waals surface area (Å²) in [7, 11) is 0. The molecule has 0 radical (unpaired) electrons. The highest BCUT2D eigenvalue weighted by Crippen LogP contribution is 2.71. The van der Waals surface area contributed by atoms with Gasteiger partial charge in [-0.3, -0.25) is 0 Å². The maximum atomic E-state index is 4.65. The van der Waals surface area contributed by atoms with Crippen LogP contribution in [-0.2, 0) is 22.9 Å². The van der Waals surface area contributed by atoms with Crippen LogP contribution in [0.4, 0.5) is 0 Å². The van der Waals surface area contributed by atoms with Crippen molar-refractivity contribution in [2.75, 3.05) is 0 Å². The van der Waals surface area contributed by atoms with E-state index in [1.165, 1.54) is 82.9 Å². The summed E-state index contributed by atoms with van der Waals surface area (Å²) >= 11 is 0. The van der Waals surface area contributed by atoms with E-state index >= 15 is 0 Å². The molecule has 1 saturated carbocycles. The Kier molecular flexibility index (Phi) is 5.19. The van der Waals surface area contributed by atoms with Crippen molar-refractivity contribution in [2.24, 2.45) is 5.92 Å². The van der Waals surface area contributed by atoms with Crippen molar-refractivity contribution < 1.29 is 9.13 Å². The van der Waals surface area contributed by atoms with Gasteiger partial charge in [-0.2, -0.15) is 9.13 Å². The molecule has 9 aromatic rings. The van der Waals surface area contributed by atoms with Crippen LogP contribution in [0.5, 0.6) is 0 Å². The highest BCUT2D eigenvalue weighted by Gasteiger charge is 2.88. The first kappa shape index (κ1) is 28.6. The van der Waals surface area contributed by atoms with E-state index in [0.717, 1.165) is 6.42 Å². The van der Waals surface area contributed by atoms with Crippen LogP contribution < -0.4 is 9.13 Å². The minimum Gasteiger partial charge on any atom is -0.308 e. The van der Waals surface area contributed by atoms with Gasteiger partial charge in [-0.05, 0) is 60.0 Å². The lowest BCUT2D eigenvalue weighted by atomic mass is 9.34. The number of pyridine rings is 2. The molecule has 6 heterocycles. The Morgan fingerprint density at radius 1 is 0.635 bits per heavy atom. The van der Waals surface area contributed by atoms with Gasteiger partial charge >= 0.3 is 0 Å². The van der Waals surface area contributed by atoms with E-state index in [0.29, 0.717) is 0 Å². The maximum absolute atomic E-state index is 4.65. The Morgan fingerprint density at radius 3 is 2.23 bits per heavy atom. The third kappa shape index (κ3) is 2.98. The number of hydrogen-bond donors (Lipinski definition) is 0. The van der Waals surface area contributed by atoms with Gasteiger partial charge in [-0.25, -0.2) is 0 Å². The molecular weight excluding hydrogens is 631 g/mol. The van der Waals surface area contributed by atoms with Crippen molar-refractivity contribution in [1.82, 2.24) is 4.40 Å². The van der Waals surface area contributed by atoms with Gasteiger partial charge in [0.15, 0.2) is 17.9 Å². The third-order valence-corrected chi connectivity index (χ3v) is 14.0. The van der Waals surface area contributed by atoms with Gasteiger partial charge in [0.25, 0.3) is 0 Å². The number of nitrogens with zero attached hydrogens (tertiary/aromatic N) is 3. The molecule has 4 unspecified atom stereocenters. The van der Waals surface area contributed by atoms with Crippen molar-refractivity contribution >= 4 is 38.1 Å². The van der Waals surface area contributed by atoms with Crippen LogP contribution in [0.1, 0.15) is 25.0 Å². The predicted molar refractivity (Wildman–Crippen MR) is 211 cm³/mol. The number of allylic oxidation sites excluding steroid dienone is 1. The van der Waals surface area contributed by atoms with E-state index in [2.05, 4.69) is 192 Å². The summed E-state index contributed by atoms with van der Waals surface area (Å²) in [6.07, 6.45) is 7.99. The molecule has 0 amide bonds. The zero-order valence-electron chi connectivity index (χ0n) is 29.3. The van der Waals surface area contributed by atoms with Crippen LogP contribution in [0.25, 0.3) is 71.7 Å². The lowest BCUT2D eigenvalue weighted by Crippen LogP contribution is -2.94. The molecule has 4 atom stereocenters. The predicted octanol–water partition coefficient (Wildman–Crippen LogP) is 10.2. The summed E-state index contributed by atoms with van der Waals surface area (Å²) < 4.78 is 7.84. The van der Waals surface area contributed by atoms with Crippen LogP contribution in [-0.4, -0.2) is 4.40 Å². The number of aromatic nitrogens is 3. The minimum atomic E-state index is -0.332. The van der Waals surface area contributed by atoms with Gasteiger partial charge in [0.1, 0.15) is 11.3 Å².